The third-order valence-corrected chi connectivity index (χ3v) is 4.51. The Balaban J connectivity index is 2.36. The molecule has 0 aliphatic heterocycles. The first-order valence-corrected chi connectivity index (χ1v) is 8.49. The van der Waals surface area contributed by atoms with Crippen LogP contribution in [0.2, 0.25) is 0 Å². The Morgan fingerprint density at radius 2 is 2.38 bits per heavy atom. The van der Waals surface area contributed by atoms with Crippen LogP contribution in [0.4, 0.5) is 5.00 Å². The molecule has 0 aliphatic carbocycles. The van der Waals surface area contributed by atoms with E-state index in [4.69, 9.17) is 6.42 Å². The summed E-state index contributed by atoms with van der Waals surface area (Å²) in [5.74, 6) is 2.95. The van der Waals surface area contributed by atoms with E-state index in [0.29, 0.717) is 5.75 Å². The van der Waals surface area contributed by atoms with Gasteiger partial charge >= 0.3 is 0 Å². The van der Waals surface area contributed by atoms with Gasteiger partial charge in [0.1, 0.15) is 10.0 Å². The van der Waals surface area contributed by atoms with Crippen LogP contribution < -0.4 is 4.90 Å². The Hall–Kier alpha value is -1.84. The maximum atomic E-state index is 12.2. The van der Waals surface area contributed by atoms with Crippen LogP contribution in [0.25, 0.3) is 10.6 Å². The predicted octanol–water partition coefficient (Wildman–Crippen LogP) is 2.84. The van der Waals surface area contributed by atoms with Gasteiger partial charge in [-0.3, -0.25) is 14.7 Å². The van der Waals surface area contributed by atoms with Crippen LogP contribution >= 0.6 is 23.1 Å². The van der Waals surface area contributed by atoms with Gasteiger partial charge in [0.05, 0.1) is 18.0 Å². The summed E-state index contributed by atoms with van der Waals surface area (Å²) in [6, 6.07) is 3.81. The Morgan fingerprint density at radius 1 is 1.57 bits per heavy atom. The van der Waals surface area contributed by atoms with Crippen molar-refractivity contribution in [1.82, 2.24) is 9.97 Å². The fraction of sp³-hybridized carbons (Fsp3) is 0.267. The Morgan fingerprint density at radius 3 is 3.00 bits per heavy atom. The van der Waals surface area contributed by atoms with E-state index in [2.05, 4.69) is 15.9 Å². The summed E-state index contributed by atoms with van der Waals surface area (Å²) in [5, 5.41) is 1.65. The molecule has 2 heterocycles. The SMILES string of the molecule is C#CCN(C(=O)CSC)c1sc(-c2cccnc2)nc1C. The zero-order valence-electron chi connectivity index (χ0n) is 11.9. The zero-order valence-corrected chi connectivity index (χ0v) is 13.5. The van der Waals surface area contributed by atoms with Crippen molar-refractivity contribution in [2.24, 2.45) is 0 Å². The van der Waals surface area contributed by atoms with E-state index in [0.717, 1.165) is 21.3 Å². The number of pyridine rings is 1. The maximum absolute atomic E-state index is 12.2. The van der Waals surface area contributed by atoms with Gasteiger partial charge in [-0.05, 0) is 25.3 Å². The van der Waals surface area contributed by atoms with E-state index < -0.39 is 0 Å². The highest BCUT2D eigenvalue weighted by Gasteiger charge is 2.20. The van der Waals surface area contributed by atoms with E-state index in [9.17, 15) is 4.79 Å². The maximum Gasteiger partial charge on any atom is 0.238 e. The van der Waals surface area contributed by atoms with Gasteiger partial charge in [-0.1, -0.05) is 17.3 Å². The van der Waals surface area contributed by atoms with Crippen molar-refractivity contribution >= 4 is 34.0 Å². The summed E-state index contributed by atoms with van der Waals surface area (Å²) in [6.45, 7) is 2.15. The third-order valence-electron chi connectivity index (χ3n) is 2.74. The van der Waals surface area contributed by atoms with E-state index in [1.807, 2.05) is 25.3 Å². The van der Waals surface area contributed by atoms with Gasteiger partial charge in [0.2, 0.25) is 5.91 Å². The number of thioether (sulfide) groups is 1. The molecule has 2 aromatic heterocycles. The first kappa shape index (κ1) is 15.5. The van der Waals surface area contributed by atoms with Crippen molar-refractivity contribution < 1.29 is 4.79 Å². The number of nitrogens with zero attached hydrogens (tertiary/aromatic N) is 3. The van der Waals surface area contributed by atoms with E-state index >= 15 is 0 Å². The molecule has 0 aliphatic rings. The minimum Gasteiger partial charge on any atom is -0.290 e. The van der Waals surface area contributed by atoms with Gasteiger partial charge < -0.3 is 0 Å². The summed E-state index contributed by atoms with van der Waals surface area (Å²) in [7, 11) is 0. The number of aryl methyl sites for hydroxylation is 1. The quantitative estimate of drug-likeness (QED) is 0.796. The Labute approximate surface area is 132 Å². The van der Waals surface area contributed by atoms with E-state index in [1.54, 1.807) is 17.3 Å². The number of thiazole rings is 1. The molecule has 6 heteroatoms. The lowest BCUT2D eigenvalue weighted by Crippen LogP contribution is -2.32. The Kier molecular flexibility index (Phi) is 5.37. The lowest BCUT2D eigenvalue weighted by Gasteiger charge is -2.18. The van der Waals surface area contributed by atoms with Gasteiger partial charge in [0.15, 0.2) is 0 Å². The molecule has 0 saturated heterocycles. The molecule has 1 amide bonds. The highest BCUT2D eigenvalue weighted by atomic mass is 32.2. The van der Waals surface area contributed by atoms with E-state index in [-0.39, 0.29) is 12.5 Å². The van der Waals surface area contributed by atoms with Crippen LogP contribution in [-0.2, 0) is 4.79 Å². The molecule has 4 nitrogen and oxygen atoms in total. The molecule has 0 saturated carbocycles. The minimum atomic E-state index is 0.00457. The van der Waals surface area contributed by atoms with Crippen molar-refractivity contribution in [2.45, 2.75) is 6.92 Å². The standard InChI is InChI=1S/C15H15N3OS2/c1-4-8-18(13(19)10-20-3)15-11(2)17-14(21-15)12-6-5-7-16-9-12/h1,5-7,9H,8,10H2,2-3H3. The van der Waals surface area contributed by atoms with Crippen molar-refractivity contribution in [2.75, 3.05) is 23.5 Å². The molecule has 108 valence electrons. The molecule has 0 spiro atoms. The number of carbonyl (C=O) groups excluding carboxylic acids is 1. The highest BCUT2D eigenvalue weighted by Crippen LogP contribution is 2.34. The first-order valence-electron chi connectivity index (χ1n) is 6.28. The molecule has 0 radical (unpaired) electrons. The number of hydrogen-bond donors (Lipinski definition) is 0. The topological polar surface area (TPSA) is 46.1 Å². The number of hydrogen-bond acceptors (Lipinski definition) is 5. The van der Waals surface area contributed by atoms with Crippen LogP contribution in [0.1, 0.15) is 5.69 Å². The average molecular weight is 317 g/mol. The molecule has 0 unspecified atom stereocenters. The zero-order chi connectivity index (χ0) is 15.2. The lowest BCUT2D eigenvalue weighted by molar-refractivity contribution is -0.116. The molecule has 2 rings (SSSR count). The summed E-state index contributed by atoms with van der Waals surface area (Å²) < 4.78 is 0. The van der Waals surface area contributed by atoms with Crippen LogP contribution in [0, 0.1) is 19.3 Å². The third kappa shape index (κ3) is 3.63. The molecule has 0 atom stereocenters. The molecule has 0 aromatic carbocycles. The molecule has 0 fully saturated rings. The van der Waals surface area contributed by atoms with Gasteiger partial charge in [-0.2, -0.15) is 11.8 Å². The summed E-state index contributed by atoms with van der Waals surface area (Å²) in [6.07, 6.45) is 10.8. The second-order valence-electron chi connectivity index (χ2n) is 4.27. The second-order valence-corrected chi connectivity index (χ2v) is 6.11. The summed E-state index contributed by atoms with van der Waals surface area (Å²) in [4.78, 5) is 22.5. The number of terminal acetylenes is 1. The normalized spacial score (nSPS) is 10.1. The fourth-order valence-corrected chi connectivity index (χ4v) is 3.29. The van der Waals surface area contributed by atoms with Crippen LogP contribution in [0.3, 0.4) is 0 Å². The summed E-state index contributed by atoms with van der Waals surface area (Å²) >= 11 is 2.95. The smallest absolute Gasteiger partial charge is 0.238 e. The van der Waals surface area contributed by atoms with Gasteiger partial charge in [-0.25, -0.2) is 4.98 Å². The number of amides is 1. The van der Waals surface area contributed by atoms with Gasteiger partial charge in [0.25, 0.3) is 0 Å². The number of aromatic nitrogens is 2. The summed E-state index contributed by atoms with van der Waals surface area (Å²) in [5.41, 5.74) is 1.75. The predicted molar refractivity (Wildman–Crippen MR) is 89.7 cm³/mol. The van der Waals surface area contributed by atoms with Crippen molar-refractivity contribution in [1.29, 1.82) is 0 Å². The average Bonchev–Trinajstić information content (AvgIpc) is 2.87. The number of rotatable bonds is 5. The molecule has 2 aromatic rings. The van der Waals surface area contributed by atoms with Crippen molar-refractivity contribution in [3.05, 3.63) is 30.2 Å². The van der Waals surface area contributed by atoms with Crippen LogP contribution in [-0.4, -0.2) is 34.4 Å². The van der Waals surface area contributed by atoms with Crippen LogP contribution in [0.15, 0.2) is 24.5 Å². The molecule has 0 bridgehead atoms. The van der Waals surface area contributed by atoms with Gasteiger partial charge in [-0.15, -0.1) is 6.42 Å². The van der Waals surface area contributed by atoms with E-state index in [1.165, 1.54) is 23.1 Å². The molecule has 21 heavy (non-hydrogen) atoms. The minimum absolute atomic E-state index is 0.00457. The Bertz CT molecular complexity index is 661. The fourth-order valence-electron chi connectivity index (χ4n) is 1.82. The monoisotopic (exact) mass is 317 g/mol. The molecule has 0 N–H and O–H groups in total. The molecular formula is C15H15N3OS2. The number of anilines is 1. The second kappa shape index (κ2) is 7.25. The molecular weight excluding hydrogens is 302 g/mol. The number of carbonyl (C=O) groups is 1. The lowest BCUT2D eigenvalue weighted by atomic mass is 10.3. The highest BCUT2D eigenvalue weighted by molar-refractivity contribution is 7.99. The van der Waals surface area contributed by atoms with Crippen molar-refractivity contribution in [3.63, 3.8) is 0 Å². The largest absolute Gasteiger partial charge is 0.290 e. The van der Waals surface area contributed by atoms with Crippen LogP contribution in [0.5, 0.6) is 0 Å². The van der Waals surface area contributed by atoms with Gasteiger partial charge in [0, 0.05) is 18.0 Å². The van der Waals surface area contributed by atoms with Crippen molar-refractivity contribution in [3.8, 4) is 22.9 Å². The first-order chi connectivity index (χ1) is 10.2.